The molecule has 6 nitrogen and oxygen atoms in total. The van der Waals surface area contributed by atoms with Crippen LogP contribution in [0.2, 0.25) is 0 Å². The molecule has 2 aromatic carbocycles. The minimum atomic E-state index is -0.246. The highest BCUT2D eigenvalue weighted by atomic mass is 16.5. The van der Waals surface area contributed by atoms with Gasteiger partial charge < -0.3 is 10.1 Å². The largest absolute Gasteiger partial charge is 0.494 e. The van der Waals surface area contributed by atoms with Crippen molar-refractivity contribution in [2.45, 2.75) is 34.2 Å². The molecular weight excluding hydrogens is 340 g/mol. The molecule has 0 unspecified atom stereocenters. The zero-order valence-corrected chi connectivity index (χ0v) is 16.1. The van der Waals surface area contributed by atoms with Crippen molar-refractivity contribution in [3.05, 3.63) is 70.5 Å². The lowest BCUT2D eigenvalue weighted by Gasteiger charge is -2.08. The Bertz CT molecular complexity index is 963. The van der Waals surface area contributed by atoms with E-state index >= 15 is 0 Å². The molecule has 0 aliphatic heterocycles. The molecule has 3 rings (SSSR count). The van der Waals surface area contributed by atoms with Crippen LogP contribution in [-0.2, 0) is 6.54 Å². The van der Waals surface area contributed by atoms with E-state index in [0.717, 1.165) is 17.0 Å². The Balaban J connectivity index is 1.73. The summed E-state index contributed by atoms with van der Waals surface area (Å²) in [5.41, 5.74) is 5.28. The van der Waals surface area contributed by atoms with Gasteiger partial charge in [-0.25, -0.2) is 4.68 Å². The van der Waals surface area contributed by atoms with Gasteiger partial charge in [-0.05, 0) is 68.7 Å². The van der Waals surface area contributed by atoms with Crippen molar-refractivity contribution in [1.82, 2.24) is 20.3 Å². The first-order valence-corrected chi connectivity index (χ1v) is 8.99. The van der Waals surface area contributed by atoms with Crippen LogP contribution in [0.3, 0.4) is 0 Å². The maximum atomic E-state index is 12.6. The first-order valence-electron chi connectivity index (χ1n) is 8.99. The van der Waals surface area contributed by atoms with Crippen LogP contribution >= 0.6 is 0 Å². The van der Waals surface area contributed by atoms with Crippen LogP contribution in [0.5, 0.6) is 5.75 Å². The van der Waals surface area contributed by atoms with Crippen molar-refractivity contribution < 1.29 is 9.53 Å². The van der Waals surface area contributed by atoms with E-state index in [2.05, 4.69) is 29.5 Å². The Morgan fingerprint density at radius 1 is 1.11 bits per heavy atom. The van der Waals surface area contributed by atoms with Crippen molar-refractivity contribution in [1.29, 1.82) is 0 Å². The summed E-state index contributed by atoms with van der Waals surface area (Å²) in [4.78, 5) is 12.6. The Kier molecular flexibility index (Phi) is 5.54. The van der Waals surface area contributed by atoms with Crippen LogP contribution in [0, 0.1) is 20.8 Å². The molecule has 0 bridgehead atoms. The van der Waals surface area contributed by atoms with Gasteiger partial charge in [-0.1, -0.05) is 23.4 Å². The minimum absolute atomic E-state index is 0.246. The van der Waals surface area contributed by atoms with Gasteiger partial charge in [0.2, 0.25) is 0 Å². The molecule has 1 heterocycles. The van der Waals surface area contributed by atoms with Gasteiger partial charge in [0.1, 0.15) is 5.75 Å². The monoisotopic (exact) mass is 364 g/mol. The third kappa shape index (κ3) is 4.16. The summed E-state index contributed by atoms with van der Waals surface area (Å²) < 4.78 is 7.18. The molecule has 0 saturated heterocycles. The highest BCUT2D eigenvalue weighted by molar-refractivity contribution is 5.93. The summed E-state index contributed by atoms with van der Waals surface area (Å²) in [5.74, 6) is 0.547. The van der Waals surface area contributed by atoms with Gasteiger partial charge in [-0.3, -0.25) is 4.79 Å². The van der Waals surface area contributed by atoms with Crippen LogP contribution in [0.25, 0.3) is 5.69 Å². The zero-order chi connectivity index (χ0) is 19.4. The lowest BCUT2D eigenvalue weighted by atomic mass is 10.1. The van der Waals surface area contributed by atoms with Gasteiger partial charge in [0.05, 0.1) is 18.0 Å². The lowest BCUT2D eigenvalue weighted by molar-refractivity contribution is 0.0945. The maximum absolute atomic E-state index is 12.6. The normalized spacial score (nSPS) is 10.7. The molecule has 27 heavy (non-hydrogen) atoms. The number of amides is 1. The third-order valence-electron chi connectivity index (χ3n) is 4.51. The first kappa shape index (κ1) is 18.6. The molecule has 0 aliphatic carbocycles. The van der Waals surface area contributed by atoms with E-state index in [0.29, 0.717) is 24.5 Å². The SMILES string of the molecule is CCOc1cccc(CNC(=O)c2nnn(-c3ccc(C)c(C)c3)c2C)c1. The van der Waals surface area contributed by atoms with Crippen molar-refractivity contribution >= 4 is 5.91 Å². The van der Waals surface area contributed by atoms with Crippen LogP contribution in [0.4, 0.5) is 0 Å². The predicted octanol–water partition coefficient (Wildman–Crippen LogP) is 3.52. The average Bonchev–Trinajstić information content (AvgIpc) is 3.04. The fourth-order valence-corrected chi connectivity index (χ4v) is 2.82. The van der Waals surface area contributed by atoms with Crippen LogP contribution in [0.1, 0.15) is 39.8 Å². The maximum Gasteiger partial charge on any atom is 0.274 e. The lowest BCUT2D eigenvalue weighted by Crippen LogP contribution is -2.24. The number of rotatable bonds is 6. The van der Waals surface area contributed by atoms with Crippen LogP contribution in [-0.4, -0.2) is 27.5 Å². The summed E-state index contributed by atoms with van der Waals surface area (Å²) in [5, 5.41) is 11.1. The number of carbonyl (C=O) groups is 1. The molecular formula is C21H24N4O2. The predicted molar refractivity (Wildman–Crippen MR) is 104 cm³/mol. The second kappa shape index (κ2) is 8.03. The molecule has 1 N–H and O–H groups in total. The van der Waals surface area contributed by atoms with E-state index in [-0.39, 0.29) is 5.91 Å². The number of hydrogen-bond acceptors (Lipinski definition) is 4. The average molecular weight is 364 g/mol. The fourth-order valence-electron chi connectivity index (χ4n) is 2.82. The molecule has 1 amide bonds. The van der Waals surface area contributed by atoms with Gasteiger partial charge >= 0.3 is 0 Å². The van der Waals surface area contributed by atoms with E-state index < -0.39 is 0 Å². The van der Waals surface area contributed by atoms with Crippen molar-refractivity contribution in [2.75, 3.05) is 6.61 Å². The van der Waals surface area contributed by atoms with Gasteiger partial charge in [0.15, 0.2) is 5.69 Å². The highest BCUT2D eigenvalue weighted by Crippen LogP contribution is 2.17. The highest BCUT2D eigenvalue weighted by Gasteiger charge is 2.17. The summed E-state index contributed by atoms with van der Waals surface area (Å²) in [6.07, 6.45) is 0. The van der Waals surface area contributed by atoms with Gasteiger partial charge in [-0.15, -0.1) is 5.10 Å². The van der Waals surface area contributed by atoms with Crippen LogP contribution < -0.4 is 10.1 Å². The van der Waals surface area contributed by atoms with E-state index in [1.54, 1.807) is 4.68 Å². The topological polar surface area (TPSA) is 69.0 Å². The van der Waals surface area contributed by atoms with E-state index in [1.807, 2.05) is 56.3 Å². The number of carbonyl (C=O) groups excluding carboxylic acids is 1. The first-order chi connectivity index (χ1) is 13.0. The number of aryl methyl sites for hydroxylation is 2. The molecule has 0 fully saturated rings. The van der Waals surface area contributed by atoms with E-state index in [4.69, 9.17) is 4.74 Å². The van der Waals surface area contributed by atoms with Gasteiger partial charge in [-0.2, -0.15) is 0 Å². The third-order valence-corrected chi connectivity index (χ3v) is 4.51. The number of nitrogens with one attached hydrogen (secondary N) is 1. The molecule has 6 heteroatoms. The smallest absolute Gasteiger partial charge is 0.274 e. The van der Waals surface area contributed by atoms with E-state index in [1.165, 1.54) is 11.1 Å². The molecule has 0 atom stereocenters. The summed E-state index contributed by atoms with van der Waals surface area (Å²) >= 11 is 0. The van der Waals surface area contributed by atoms with Crippen molar-refractivity contribution in [3.63, 3.8) is 0 Å². The van der Waals surface area contributed by atoms with Gasteiger partial charge in [0.25, 0.3) is 5.91 Å². The molecule has 0 saturated carbocycles. The van der Waals surface area contributed by atoms with E-state index in [9.17, 15) is 4.79 Å². The number of hydrogen-bond donors (Lipinski definition) is 1. The fraction of sp³-hybridized carbons (Fsp3) is 0.286. The summed E-state index contributed by atoms with van der Waals surface area (Å²) in [6, 6.07) is 13.7. The number of nitrogens with zero attached hydrogens (tertiary/aromatic N) is 3. The molecule has 140 valence electrons. The molecule has 3 aromatic rings. The summed E-state index contributed by atoms with van der Waals surface area (Å²) in [6.45, 7) is 8.91. The second-order valence-electron chi connectivity index (χ2n) is 6.47. The minimum Gasteiger partial charge on any atom is -0.494 e. The Morgan fingerprint density at radius 3 is 2.67 bits per heavy atom. The van der Waals surface area contributed by atoms with Gasteiger partial charge in [0, 0.05) is 6.54 Å². The quantitative estimate of drug-likeness (QED) is 0.727. The van der Waals surface area contributed by atoms with Crippen LogP contribution in [0.15, 0.2) is 42.5 Å². The molecule has 0 radical (unpaired) electrons. The Labute approximate surface area is 159 Å². The van der Waals surface area contributed by atoms with Crippen molar-refractivity contribution in [2.24, 2.45) is 0 Å². The second-order valence-corrected chi connectivity index (χ2v) is 6.47. The standard InChI is InChI=1S/C21H24N4O2/c1-5-27-19-8-6-7-17(12-19)13-22-21(26)20-16(4)25(24-23-20)18-10-9-14(2)15(3)11-18/h6-12H,5,13H2,1-4H3,(H,22,26). The number of benzene rings is 2. The number of aromatic nitrogens is 3. The Hall–Kier alpha value is -3.15. The summed E-state index contributed by atoms with van der Waals surface area (Å²) in [7, 11) is 0. The Morgan fingerprint density at radius 2 is 1.93 bits per heavy atom. The molecule has 0 aliphatic rings. The van der Waals surface area contributed by atoms with Crippen molar-refractivity contribution in [3.8, 4) is 11.4 Å². The molecule has 0 spiro atoms. The number of ether oxygens (including phenoxy) is 1. The molecule has 1 aromatic heterocycles. The zero-order valence-electron chi connectivity index (χ0n) is 16.1.